The lowest BCUT2D eigenvalue weighted by atomic mass is 10.2. The number of nitrogens with zero attached hydrogens (tertiary/aromatic N) is 3. The van der Waals surface area contributed by atoms with E-state index in [9.17, 15) is 4.79 Å². The molecule has 1 saturated heterocycles. The van der Waals surface area contributed by atoms with Crippen LogP contribution in [-0.4, -0.2) is 48.5 Å². The van der Waals surface area contributed by atoms with Gasteiger partial charge in [-0.1, -0.05) is 17.7 Å². The molecule has 23 heavy (non-hydrogen) atoms. The SMILES string of the molecule is O=C(CCN1CCN(c2nccs2)CC1)Nc1cccc(Cl)c1. The number of nitrogens with one attached hydrogen (secondary N) is 1. The van der Waals surface area contributed by atoms with Gasteiger partial charge in [0.15, 0.2) is 5.13 Å². The number of carbonyl (C=O) groups is 1. The summed E-state index contributed by atoms with van der Waals surface area (Å²) in [5, 5.41) is 6.60. The van der Waals surface area contributed by atoms with Crippen molar-refractivity contribution in [1.29, 1.82) is 0 Å². The van der Waals surface area contributed by atoms with Crippen LogP contribution >= 0.6 is 22.9 Å². The molecule has 0 radical (unpaired) electrons. The fraction of sp³-hybridized carbons (Fsp3) is 0.375. The number of rotatable bonds is 5. The second-order valence-electron chi connectivity index (χ2n) is 5.45. The number of amides is 1. The number of carbonyl (C=O) groups excluding carboxylic acids is 1. The van der Waals surface area contributed by atoms with Crippen molar-refractivity contribution in [3.63, 3.8) is 0 Å². The Bertz CT molecular complexity index is 641. The Morgan fingerprint density at radius 2 is 2.13 bits per heavy atom. The normalized spacial score (nSPS) is 15.6. The Hall–Kier alpha value is -1.63. The molecule has 1 aromatic heterocycles. The number of hydrogen-bond donors (Lipinski definition) is 1. The van der Waals surface area contributed by atoms with Crippen molar-refractivity contribution in [2.24, 2.45) is 0 Å². The van der Waals surface area contributed by atoms with Crippen molar-refractivity contribution in [3.05, 3.63) is 40.9 Å². The third-order valence-electron chi connectivity index (χ3n) is 3.83. The maximum Gasteiger partial charge on any atom is 0.225 e. The van der Waals surface area contributed by atoms with E-state index >= 15 is 0 Å². The molecule has 0 unspecified atom stereocenters. The van der Waals surface area contributed by atoms with Crippen LogP contribution in [0.4, 0.5) is 10.8 Å². The van der Waals surface area contributed by atoms with E-state index in [4.69, 9.17) is 11.6 Å². The summed E-state index contributed by atoms with van der Waals surface area (Å²) < 4.78 is 0. The lowest BCUT2D eigenvalue weighted by molar-refractivity contribution is -0.116. The lowest BCUT2D eigenvalue weighted by Crippen LogP contribution is -2.47. The van der Waals surface area contributed by atoms with Crippen molar-refractivity contribution in [2.75, 3.05) is 42.9 Å². The summed E-state index contributed by atoms with van der Waals surface area (Å²) >= 11 is 7.59. The molecule has 1 aromatic carbocycles. The van der Waals surface area contributed by atoms with Crippen LogP contribution in [0, 0.1) is 0 Å². The van der Waals surface area contributed by atoms with Crippen LogP contribution in [0.2, 0.25) is 5.02 Å². The van der Waals surface area contributed by atoms with Gasteiger partial charge in [-0.2, -0.15) is 0 Å². The summed E-state index contributed by atoms with van der Waals surface area (Å²) in [7, 11) is 0. The van der Waals surface area contributed by atoms with Gasteiger partial charge in [0.1, 0.15) is 0 Å². The van der Waals surface area contributed by atoms with Gasteiger partial charge in [0, 0.05) is 61.4 Å². The van der Waals surface area contributed by atoms with Gasteiger partial charge in [-0.3, -0.25) is 9.69 Å². The molecule has 1 fully saturated rings. The third-order valence-corrected chi connectivity index (χ3v) is 4.89. The van der Waals surface area contributed by atoms with Crippen LogP contribution in [0.5, 0.6) is 0 Å². The zero-order valence-electron chi connectivity index (χ0n) is 12.7. The molecule has 2 heterocycles. The predicted molar refractivity (Wildman–Crippen MR) is 95.5 cm³/mol. The predicted octanol–water partition coefficient (Wildman–Crippen LogP) is 2.95. The molecule has 5 nitrogen and oxygen atoms in total. The van der Waals surface area contributed by atoms with Gasteiger partial charge in [-0.25, -0.2) is 4.98 Å². The summed E-state index contributed by atoms with van der Waals surface area (Å²) in [6.07, 6.45) is 2.33. The van der Waals surface area contributed by atoms with Gasteiger partial charge >= 0.3 is 0 Å². The molecule has 1 amide bonds. The van der Waals surface area contributed by atoms with Crippen molar-refractivity contribution in [3.8, 4) is 0 Å². The summed E-state index contributed by atoms with van der Waals surface area (Å²) in [6.45, 7) is 4.62. The van der Waals surface area contributed by atoms with E-state index in [-0.39, 0.29) is 5.91 Å². The average Bonchev–Trinajstić information content (AvgIpc) is 3.08. The van der Waals surface area contributed by atoms with E-state index in [1.807, 2.05) is 23.7 Å². The molecule has 7 heteroatoms. The number of halogens is 1. The molecule has 3 rings (SSSR count). The minimum absolute atomic E-state index is 0.0228. The van der Waals surface area contributed by atoms with Crippen LogP contribution in [0.3, 0.4) is 0 Å². The molecular weight excluding hydrogens is 332 g/mol. The number of hydrogen-bond acceptors (Lipinski definition) is 5. The van der Waals surface area contributed by atoms with Crippen LogP contribution in [0.25, 0.3) is 0 Å². The Morgan fingerprint density at radius 1 is 1.30 bits per heavy atom. The van der Waals surface area contributed by atoms with Crippen molar-refractivity contribution in [1.82, 2.24) is 9.88 Å². The van der Waals surface area contributed by atoms with E-state index in [0.717, 1.165) is 43.5 Å². The third kappa shape index (κ3) is 4.67. The van der Waals surface area contributed by atoms with Crippen molar-refractivity contribution >= 4 is 39.7 Å². The number of thiazole rings is 1. The molecule has 1 N–H and O–H groups in total. The lowest BCUT2D eigenvalue weighted by Gasteiger charge is -2.34. The van der Waals surface area contributed by atoms with Crippen LogP contribution in [0.1, 0.15) is 6.42 Å². The molecule has 0 saturated carbocycles. The van der Waals surface area contributed by atoms with Crippen LogP contribution in [-0.2, 0) is 4.79 Å². The van der Waals surface area contributed by atoms with Crippen molar-refractivity contribution < 1.29 is 4.79 Å². The van der Waals surface area contributed by atoms with Gasteiger partial charge in [-0.15, -0.1) is 11.3 Å². The van der Waals surface area contributed by atoms with Gasteiger partial charge in [-0.05, 0) is 18.2 Å². The minimum atomic E-state index is 0.0228. The topological polar surface area (TPSA) is 48.5 Å². The smallest absolute Gasteiger partial charge is 0.225 e. The molecule has 0 atom stereocenters. The largest absolute Gasteiger partial charge is 0.346 e. The summed E-state index contributed by atoms with van der Waals surface area (Å²) in [6, 6.07) is 7.22. The second-order valence-corrected chi connectivity index (χ2v) is 6.76. The maximum atomic E-state index is 12.0. The van der Waals surface area contributed by atoms with E-state index < -0.39 is 0 Å². The fourth-order valence-electron chi connectivity index (χ4n) is 2.58. The van der Waals surface area contributed by atoms with E-state index in [0.29, 0.717) is 11.4 Å². The van der Waals surface area contributed by atoms with E-state index in [1.54, 1.807) is 23.5 Å². The van der Waals surface area contributed by atoms with Gasteiger partial charge in [0.25, 0.3) is 0 Å². The second kappa shape index (κ2) is 7.77. The van der Waals surface area contributed by atoms with Gasteiger partial charge < -0.3 is 10.2 Å². The average molecular weight is 351 g/mol. The molecule has 122 valence electrons. The zero-order valence-corrected chi connectivity index (χ0v) is 14.3. The number of piperazine rings is 1. The monoisotopic (exact) mass is 350 g/mol. The summed E-state index contributed by atoms with van der Waals surface area (Å²) in [5.74, 6) is 0.0228. The Morgan fingerprint density at radius 3 is 2.83 bits per heavy atom. The number of anilines is 2. The highest BCUT2D eigenvalue weighted by Gasteiger charge is 2.19. The number of aromatic nitrogens is 1. The van der Waals surface area contributed by atoms with Crippen molar-refractivity contribution in [2.45, 2.75) is 6.42 Å². The zero-order chi connectivity index (χ0) is 16.1. The molecular formula is C16H19ClN4OS. The highest BCUT2D eigenvalue weighted by Crippen LogP contribution is 2.19. The fourth-order valence-corrected chi connectivity index (χ4v) is 3.47. The van der Waals surface area contributed by atoms with Crippen LogP contribution in [0.15, 0.2) is 35.8 Å². The minimum Gasteiger partial charge on any atom is -0.346 e. The highest BCUT2D eigenvalue weighted by atomic mass is 35.5. The Labute approximate surface area is 144 Å². The summed E-state index contributed by atoms with van der Waals surface area (Å²) in [4.78, 5) is 21.0. The quantitative estimate of drug-likeness (QED) is 0.900. The first-order valence-corrected chi connectivity index (χ1v) is 8.89. The molecule has 1 aliphatic rings. The van der Waals surface area contributed by atoms with Gasteiger partial charge in [0.2, 0.25) is 5.91 Å². The first-order valence-electron chi connectivity index (χ1n) is 7.63. The maximum absolute atomic E-state index is 12.0. The van der Waals surface area contributed by atoms with E-state index in [2.05, 4.69) is 20.1 Å². The molecule has 1 aliphatic heterocycles. The Balaban J connectivity index is 1.40. The molecule has 2 aromatic rings. The van der Waals surface area contributed by atoms with E-state index in [1.165, 1.54) is 0 Å². The Kier molecular flexibility index (Phi) is 5.48. The standard InChI is InChI=1S/C16H19ClN4OS/c17-13-2-1-3-14(12-13)19-15(22)4-6-20-7-9-21(10-8-20)16-18-5-11-23-16/h1-3,5,11-12H,4,6-10H2,(H,19,22). The van der Waals surface area contributed by atoms with Crippen LogP contribution < -0.4 is 10.2 Å². The molecule has 0 spiro atoms. The number of benzene rings is 1. The molecule has 0 bridgehead atoms. The summed E-state index contributed by atoms with van der Waals surface area (Å²) in [5.41, 5.74) is 0.746. The van der Waals surface area contributed by atoms with Gasteiger partial charge in [0.05, 0.1) is 0 Å². The molecule has 0 aliphatic carbocycles. The first-order chi connectivity index (χ1) is 11.2. The highest BCUT2D eigenvalue weighted by molar-refractivity contribution is 7.13. The first kappa shape index (κ1) is 16.2.